The SMILES string of the molecule is COc1cc(/C=C/C(=O)NC(C)C)ccc1OCCC(C)C. The van der Waals surface area contributed by atoms with E-state index in [0.717, 1.165) is 17.7 Å². The molecule has 0 spiro atoms. The zero-order valence-corrected chi connectivity index (χ0v) is 14.2. The van der Waals surface area contributed by atoms with Crippen LogP contribution in [0.4, 0.5) is 0 Å². The van der Waals surface area contributed by atoms with Crippen molar-refractivity contribution in [1.29, 1.82) is 0 Å². The predicted molar refractivity (Wildman–Crippen MR) is 90.3 cm³/mol. The number of benzene rings is 1. The van der Waals surface area contributed by atoms with Gasteiger partial charge in [0.1, 0.15) is 0 Å². The van der Waals surface area contributed by atoms with E-state index in [1.165, 1.54) is 6.08 Å². The minimum Gasteiger partial charge on any atom is -0.493 e. The van der Waals surface area contributed by atoms with E-state index in [4.69, 9.17) is 9.47 Å². The zero-order chi connectivity index (χ0) is 16.5. The molecule has 0 aliphatic carbocycles. The fourth-order valence-corrected chi connectivity index (χ4v) is 1.82. The fraction of sp³-hybridized carbons (Fsp3) is 0.500. The molecule has 1 N–H and O–H groups in total. The van der Waals surface area contributed by atoms with Crippen LogP contribution < -0.4 is 14.8 Å². The maximum absolute atomic E-state index is 11.6. The Morgan fingerprint density at radius 3 is 2.55 bits per heavy atom. The predicted octanol–water partition coefficient (Wildman–Crippen LogP) is 3.66. The van der Waals surface area contributed by atoms with Crippen LogP contribution in [0.25, 0.3) is 6.08 Å². The second-order valence-electron chi connectivity index (χ2n) is 5.94. The van der Waals surface area contributed by atoms with Gasteiger partial charge in [-0.1, -0.05) is 19.9 Å². The number of rotatable bonds is 8. The first-order chi connectivity index (χ1) is 10.4. The molecule has 0 heterocycles. The summed E-state index contributed by atoms with van der Waals surface area (Å²) >= 11 is 0. The van der Waals surface area contributed by atoms with Crippen molar-refractivity contribution < 1.29 is 14.3 Å². The Morgan fingerprint density at radius 1 is 1.23 bits per heavy atom. The highest BCUT2D eigenvalue weighted by atomic mass is 16.5. The number of ether oxygens (including phenoxy) is 2. The summed E-state index contributed by atoms with van der Waals surface area (Å²) in [5.74, 6) is 1.90. The molecule has 0 bridgehead atoms. The summed E-state index contributed by atoms with van der Waals surface area (Å²) in [5, 5.41) is 2.81. The first kappa shape index (κ1) is 18.1. The van der Waals surface area contributed by atoms with E-state index >= 15 is 0 Å². The van der Waals surface area contributed by atoms with Crippen LogP contribution in [0.15, 0.2) is 24.3 Å². The van der Waals surface area contributed by atoms with Crippen LogP contribution in [0.3, 0.4) is 0 Å². The van der Waals surface area contributed by atoms with E-state index in [-0.39, 0.29) is 11.9 Å². The summed E-state index contributed by atoms with van der Waals surface area (Å²) in [5.41, 5.74) is 0.895. The van der Waals surface area contributed by atoms with Gasteiger partial charge in [0.25, 0.3) is 0 Å². The molecule has 1 aromatic rings. The number of carbonyl (C=O) groups is 1. The summed E-state index contributed by atoms with van der Waals surface area (Å²) in [6.07, 6.45) is 4.28. The summed E-state index contributed by atoms with van der Waals surface area (Å²) in [6.45, 7) is 8.85. The highest BCUT2D eigenvalue weighted by molar-refractivity contribution is 5.91. The van der Waals surface area contributed by atoms with Crippen molar-refractivity contribution in [2.75, 3.05) is 13.7 Å². The summed E-state index contributed by atoms with van der Waals surface area (Å²) in [6, 6.07) is 5.78. The van der Waals surface area contributed by atoms with E-state index < -0.39 is 0 Å². The van der Waals surface area contributed by atoms with Gasteiger partial charge in [0.05, 0.1) is 13.7 Å². The third kappa shape index (κ3) is 6.66. The molecule has 0 unspecified atom stereocenters. The normalized spacial score (nSPS) is 11.2. The molecule has 0 aromatic heterocycles. The van der Waals surface area contributed by atoms with Gasteiger partial charge in [-0.3, -0.25) is 4.79 Å². The summed E-state index contributed by atoms with van der Waals surface area (Å²) < 4.78 is 11.1. The molecule has 4 heteroatoms. The lowest BCUT2D eigenvalue weighted by Gasteiger charge is -2.12. The van der Waals surface area contributed by atoms with Gasteiger partial charge in [-0.05, 0) is 50.0 Å². The van der Waals surface area contributed by atoms with Crippen molar-refractivity contribution in [2.45, 2.75) is 40.2 Å². The Bertz CT molecular complexity index is 507. The highest BCUT2D eigenvalue weighted by Gasteiger charge is 2.06. The lowest BCUT2D eigenvalue weighted by Crippen LogP contribution is -2.28. The van der Waals surface area contributed by atoms with E-state index in [1.807, 2.05) is 32.0 Å². The third-order valence-corrected chi connectivity index (χ3v) is 3.00. The van der Waals surface area contributed by atoms with Crippen LogP contribution in [0.1, 0.15) is 39.7 Å². The average molecular weight is 305 g/mol. The first-order valence-electron chi connectivity index (χ1n) is 7.71. The van der Waals surface area contributed by atoms with Crippen molar-refractivity contribution in [3.8, 4) is 11.5 Å². The molecule has 1 amide bonds. The van der Waals surface area contributed by atoms with Gasteiger partial charge < -0.3 is 14.8 Å². The molecule has 0 atom stereocenters. The van der Waals surface area contributed by atoms with Crippen LogP contribution in [-0.4, -0.2) is 25.7 Å². The molecule has 4 nitrogen and oxygen atoms in total. The first-order valence-corrected chi connectivity index (χ1v) is 7.71. The Morgan fingerprint density at radius 2 is 1.95 bits per heavy atom. The average Bonchev–Trinajstić information content (AvgIpc) is 2.44. The number of hydrogen-bond donors (Lipinski definition) is 1. The summed E-state index contributed by atoms with van der Waals surface area (Å²) in [4.78, 5) is 11.6. The second kappa shape index (κ2) is 9.13. The molecule has 122 valence electrons. The minimum atomic E-state index is -0.105. The van der Waals surface area contributed by atoms with Crippen LogP contribution in [0.5, 0.6) is 11.5 Å². The largest absolute Gasteiger partial charge is 0.493 e. The van der Waals surface area contributed by atoms with Crippen molar-refractivity contribution in [3.05, 3.63) is 29.8 Å². The molecule has 0 saturated heterocycles. The van der Waals surface area contributed by atoms with Crippen LogP contribution in [-0.2, 0) is 4.79 Å². The Labute approximate surface area is 133 Å². The molecule has 22 heavy (non-hydrogen) atoms. The third-order valence-electron chi connectivity index (χ3n) is 3.00. The zero-order valence-electron chi connectivity index (χ0n) is 14.2. The van der Waals surface area contributed by atoms with Gasteiger partial charge >= 0.3 is 0 Å². The monoisotopic (exact) mass is 305 g/mol. The molecule has 0 fully saturated rings. The lowest BCUT2D eigenvalue weighted by atomic mass is 10.1. The molecular weight excluding hydrogens is 278 g/mol. The molecule has 1 aromatic carbocycles. The Hall–Kier alpha value is -1.97. The van der Waals surface area contributed by atoms with Gasteiger partial charge in [0, 0.05) is 12.1 Å². The standard InChI is InChI=1S/C18H27NO3/c1-13(2)10-11-22-16-8-6-15(12-17(16)21-5)7-9-18(20)19-14(3)4/h6-9,12-14H,10-11H2,1-5H3,(H,19,20)/b9-7+. The molecule has 1 rings (SSSR count). The lowest BCUT2D eigenvalue weighted by molar-refractivity contribution is -0.116. The van der Waals surface area contributed by atoms with Crippen LogP contribution in [0.2, 0.25) is 0 Å². The maximum Gasteiger partial charge on any atom is 0.244 e. The smallest absolute Gasteiger partial charge is 0.244 e. The van der Waals surface area contributed by atoms with Gasteiger partial charge in [0.15, 0.2) is 11.5 Å². The van der Waals surface area contributed by atoms with Crippen LogP contribution >= 0.6 is 0 Å². The number of carbonyl (C=O) groups excluding carboxylic acids is 1. The van der Waals surface area contributed by atoms with Crippen molar-refractivity contribution >= 4 is 12.0 Å². The Balaban J connectivity index is 2.71. The molecule has 0 radical (unpaired) electrons. The van der Waals surface area contributed by atoms with Crippen molar-refractivity contribution in [3.63, 3.8) is 0 Å². The van der Waals surface area contributed by atoms with E-state index in [2.05, 4.69) is 19.2 Å². The van der Waals surface area contributed by atoms with E-state index in [0.29, 0.717) is 18.3 Å². The Kier molecular flexibility index (Phi) is 7.50. The van der Waals surface area contributed by atoms with Gasteiger partial charge in [-0.2, -0.15) is 0 Å². The second-order valence-corrected chi connectivity index (χ2v) is 5.94. The topological polar surface area (TPSA) is 47.6 Å². The summed E-state index contributed by atoms with van der Waals surface area (Å²) in [7, 11) is 1.61. The van der Waals surface area contributed by atoms with Crippen LogP contribution in [0, 0.1) is 5.92 Å². The van der Waals surface area contributed by atoms with E-state index in [9.17, 15) is 4.79 Å². The number of nitrogens with one attached hydrogen (secondary N) is 1. The fourth-order valence-electron chi connectivity index (χ4n) is 1.82. The number of amides is 1. The quantitative estimate of drug-likeness (QED) is 0.746. The molecule has 0 saturated carbocycles. The number of hydrogen-bond acceptors (Lipinski definition) is 3. The van der Waals surface area contributed by atoms with Gasteiger partial charge in [-0.15, -0.1) is 0 Å². The maximum atomic E-state index is 11.6. The van der Waals surface area contributed by atoms with Crippen molar-refractivity contribution in [1.82, 2.24) is 5.32 Å². The molecule has 0 aliphatic heterocycles. The van der Waals surface area contributed by atoms with Gasteiger partial charge in [-0.25, -0.2) is 0 Å². The van der Waals surface area contributed by atoms with Crippen molar-refractivity contribution in [2.24, 2.45) is 5.92 Å². The van der Waals surface area contributed by atoms with E-state index in [1.54, 1.807) is 13.2 Å². The molecule has 0 aliphatic rings. The molecular formula is C18H27NO3. The highest BCUT2D eigenvalue weighted by Crippen LogP contribution is 2.28. The number of methoxy groups -OCH3 is 1. The van der Waals surface area contributed by atoms with Gasteiger partial charge in [0.2, 0.25) is 5.91 Å². The minimum absolute atomic E-state index is 0.105.